The lowest BCUT2D eigenvalue weighted by molar-refractivity contribution is 0.0688. The van der Waals surface area contributed by atoms with Crippen LogP contribution in [0.2, 0.25) is 0 Å². The fraction of sp³-hybridized carbons (Fsp3) is 0.409. The van der Waals surface area contributed by atoms with E-state index in [0.717, 1.165) is 10.7 Å². The predicted octanol–water partition coefficient (Wildman–Crippen LogP) is 3.70. The number of pyridine rings is 1. The number of halogens is 3. The summed E-state index contributed by atoms with van der Waals surface area (Å²) in [6.07, 6.45) is -0.0287. The van der Waals surface area contributed by atoms with Crippen LogP contribution in [0.4, 0.5) is 19.0 Å². The molecule has 1 atom stereocenters. The number of rotatable bonds is 5. The summed E-state index contributed by atoms with van der Waals surface area (Å²) in [5.41, 5.74) is -1.38. The Labute approximate surface area is 181 Å². The van der Waals surface area contributed by atoms with E-state index in [2.05, 4.69) is 10.4 Å². The zero-order valence-corrected chi connectivity index (χ0v) is 17.6. The molecular weight excluding hydrogens is 425 g/mol. The molecule has 10 heteroatoms. The van der Waals surface area contributed by atoms with Crippen molar-refractivity contribution < 1.29 is 17.9 Å². The molecule has 1 fully saturated rings. The minimum absolute atomic E-state index is 0.0457. The molecule has 0 saturated carbocycles. The van der Waals surface area contributed by atoms with Crippen LogP contribution in [0, 0.1) is 5.82 Å². The molecule has 170 valence electrons. The van der Waals surface area contributed by atoms with Crippen LogP contribution in [-0.4, -0.2) is 27.6 Å². The quantitative estimate of drug-likeness (QED) is 0.644. The van der Waals surface area contributed by atoms with Crippen LogP contribution >= 0.6 is 0 Å². The maximum absolute atomic E-state index is 14.6. The summed E-state index contributed by atoms with van der Waals surface area (Å²) >= 11 is 0. The van der Waals surface area contributed by atoms with E-state index in [4.69, 9.17) is 4.74 Å². The molecule has 0 radical (unpaired) electrons. The zero-order valence-electron chi connectivity index (χ0n) is 17.6. The summed E-state index contributed by atoms with van der Waals surface area (Å²) in [7, 11) is 1.44. The number of benzene rings is 1. The maximum Gasteiger partial charge on any atom is 0.274 e. The molecule has 0 spiro atoms. The van der Waals surface area contributed by atoms with Crippen molar-refractivity contribution >= 4 is 16.6 Å². The Hall–Kier alpha value is -3.14. The van der Waals surface area contributed by atoms with E-state index in [0.29, 0.717) is 31.4 Å². The molecule has 0 amide bonds. The van der Waals surface area contributed by atoms with E-state index >= 15 is 0 Å². The number of aryl methyl sites for hydroxylation is 1. The largest absolute Gasteiger partial charge is 0.381 e. The van der Waals surface area contributed by atoms with Crippen molar-refractivity contribution in [2.45, 2.75) is 38.3 Å². The topological polar surface area (TPSA) is 78.2 Å². The van der Waals surface area contributed by atoms with Gasteiger partial charge in [0.2, 0.25) is 0 Å². The van der Waals surface area contributed by atoms with Gasteiger partial charge in [0, 0.05) is 49.5 Å². The van der Waals surface area contributed by atoms with Crippen LogP contribution in [0.25, 0.3) is 10.8 Å². The Morgan fingerprint density at radius 1 is 1.16 bits per heavy atom. The van der Waals surface area contributed by atoms with E-state index in [-0.39, 0.29) is 28.4 Å². The van der Waals surface area contributed by atoms with Crippen molar-refractivity contribution in [3.05, 3.63) is 68.1 Å². The number of anilines is 1. The van der Waals surface area contributed by atoms with Gasteiger partial charge in [-0.25, -0.2) is 17.9 Å². The molecule has 32 heavy (non-hydrogen) atoms. The summed E-state index contributed by atoms with van der Waals surface area (Å²) in [5.74, 6) is -0.743. The second kappa shape index (κ2) is 8.78. The summed E-state index contributed by atoms with van der Waals surface area (Å²) in [6, 6.07) is 4.31. The summed E-state index contributed by atoms with van der Waals surface area (Å²) in [6.45, 7) is 2.68. The maximum atomic E-state index is 14.6. The highest BCUT2D eigenvalue weighted by Gasteiger charge is 2.22. The smallest absolute Gasteiger partial charge is 0.274 e. The summed E-state index contributed by atoms with van der Waals surface area (Å²) < 4.78 is 48.9. The third-order valence-corrected chi connectivity index (χ3v) is 5.81. The Morgan fingerprint density at radius 3 is 2.53 bits per heavy atom. The molecule has 3 aromatic rings. The molecule has 1 N–H and O–H groups in total. The number of nitrogens with one attached hydrogen (secondary N) is 1. The highest BCUT2D eigenvalue weighted by Crippen LogP contribution is 2.30. The molecule has 1 aliphatic rings. The van der Waals surface area contributed by atoms with Gasteiger partial charge in [-0.3, -0.25) is 9.59 Å². The molecule has 4 rings (SSSR count). The lowest BCUT2D eigenvalue weighted by Gasteiger charge is -2.25. The average molecular weight is 448 g/mol. The van der Waals surface area contributed by atoms with Crippen LogP contribution in [0.1, 0.15) is 49.4 Å². The number of ether oxygens (including phenoxy) is 1. The predicted molar refractivity (Wildman–Crippen MR) is 114 cm³/mol. The Balaban J connectivity index is 1.80. The second-order valence-electron chi connectivity index (χ2n) is 7.88. The monoisotopic (exact) mass is 448 g/mol. The number of alkyl halides is 2. The van der Waals surface area contributed by atoms with Gasteiger partial charge >= 0.3 is 0 Å². The van der Waals surface area contributed by atoms with E-state index in [9.17, 15) is 22.8 Å². The van der Waals surface area contributed by atoms with Crippen molar-refractivity contribution in [3.8, 4) is 0 Å². The molecule has 0 unspecified atom stereocenters. The van der Waals surface area contributed by atoms with Crippen LogP contribution in [0.5, 0.6) is 0 Å². The van der Waals surface area contributed by atoms with E-state index in [1.165, 1.54) is 25.2 Å². The van der Waals surface area contributed by atoms with Gasteiger partial charge in [-0.15, -0.1) is 0 Å². The van der Waals surface area contributed by atoms with Crippen molar-refractivity contribution in [2.75, 3.05) is 18.5 Å². The van der Waals surface area contributed by atoms with Crippen molar-refractivity contribution in [1.29, 1.82) is 0 Å². The van der Waals surface area contributed by atoms with Gasteiger partial charge in [-0.2, -0.15) is 5.10 Å². The normalized spacial score (nSPS) is 15.9. The molecule has 1 aromatic carbocycles. The number of hydrogen-bond acceptors (Lipinski definition) is 5. The zero-order chi connectivity index (χ0) is 23.0. The number of aromatic nitrogens is 3. The molecule has 0 bridgehead atoms. The summed E-state index contributed by atoms with van der Waals surface area (Å²) in [5, 5.41) is 7.85. The minimum atomic E-state index is -2.94. The van der Waals surface area contributed by atoms with Crippen LogP contribution in [-0.2, 0) is 11.8 Å². The fourth-order valence-electron chi connectivity index (χ4n) is 4.05. The molecule has 0 aliphatic carbocycles. The molecule has 1 aliphatic heterocycles. The van der Waals surface area contributed by atoms with Gasteiger partial charge in [0.05, 0.1) is 17.0 Å². The first-order chi connectivity index (χ1) is 15.3. The fourth-order valence-corrected chi connectivity index (χ4v) is 4.05. The Kier molecular flexibility index (Phi) is 6.05. The van der Waals surface area contributed by atoms with Gasteiger partial charge in [0.1, 0.15) is 5.82 Å². The van der Waals surface area contributed by atoms with Crippen molar-refractivity contribution in [2.24, 2.45) is 7.05 Å². The Bertz CT molecular complexity index is 1270. The van der Waals surface area contributed by atoms with Crippen molar-refractivity contribution in [1.82, 2.24) is 14.3 Å². The Morgan fingerprint density at radius 2 is 1.84 bits per heavy atom. The van der Waals surface area contributed by atoms with Crippen LogP contribution < -0.4 is 16.4 Å². The molecule has 1 saturated heterocycles. The van der Waals surface area contributed by atoms with Gasteiger partial charge in [-0.05, 0) is 19.8 Å². The molecule has 2 aromatic heterocycles. The third-order valence-electron chi connectivity index (χ3n) is 5.81. The summed E-state index contributed by atoms with van der Waals surface area (Å²) in [4.78, 5) is 25.3. The lowest BCUT2D eigenvalue weighted by Crippen LogP contribution is -2.30. The third kappa shape index (κ3) is 4.02. The first-order valence-corrected chi connectivity index (χ1v) is 10.3. The van der Waals surface area contributed by atoms with Gasteiger partial charge in [0.25, 0.3) is 17.5 Å². The van der Waals surface area contributed by atoms with Gasteiger partial charge < -0.3 is 14.6 Å². The number of fused-ring (bicyclic) bond motifs is 1. The van der Waals surface area contributed by atoms with Crippen LogP contribution in [0.3, 0.4) is 0 Å². The number of hydrogen-bond donors (Lipinski definition) is 1. The highest BCUT2D eigenvalue weighted by atomic mass is 19.3. The van der Waals surface area contributed by atoms with E-state index in [1.807, 2.05) is 0 Å². The SMILES string of the molecule is C[C@H](Nc1nn(C)c(=O)c2cc(=O)n(C3CCOCC3)cc12)c1cccc(C(F)F)c1F. The standard InChI is InChI=1S/C22H23F3N4O3/c1-12(14-4-3-5-15(19(14)23)20(24)25)26-21-17-11-29(13-6-8-32-9-7-13)18(30)10-16(17)22(31)28(2)27-21/h3-5,10-13,20H,6-9H2,1-2H3,(H,26,27)/t12-/m0/s1. The van der Waals surface area contributed by atoms with Crippen molar-refractivity contribution in [3.63, 3.8) is 0 Å². The molecular formula is C22H23F3N4O3. The molecule has 7 nitrogen and oxygen atoms in total. The van der Waals surface area contributed by atoms with Gasteiger partial charge in [0.15, 0.2) is 5.82 Å². The van der Waals surface area contributed by atoms with Gasteiger partial charge in [-0.1, -0.05) is 18.2 Å². The first kappa shape index (κ1) is 22.1. The second-order valence-corrected chi connectivity index (χ2v) is 7.88. The lowest BCUT2D eigenvalue weighted by atomic mass is 10.0. The van der Waals surface area contributed by atoms with E-state index < -0.39 is 29.4 Å². The van der Waals surface area contributed by atoms with E-state index in [1.54, 1.807) is 17.7 Å². The van der Waals surface area contributed by atoms with Crippen LogP contribution in [0.15, 0.2) is 40.1 Å². The average Bonchev–Trinajstić information content (AvgIpc) is 2.77. The number of nitrogens with zero attached hydrogens (tertiary/aromatic N) is 3. The first-order valence-electron chi connectivity index (χ1n) is 10.3. The minimum Gasteiger partial charge on any atom is -0.381 e. The molecule has 3 heterocycles. The highest BCUT2D eigenvalue weighted by molar-refractivity contribution is 5.90.